The molecule has 0 aliphatic carbocycles. The van der Waals surface area contributed by atoms with Gasteiger partial charge in [0.1, 0.15) is 5.75 Å². The number of phenols is 1. The van der Waals surface area contributed by atoms with Crippen LogP contribution in [0.2, 0.25) is 0 Å². The minimum Gasteiger partial charge on any atom is -0.507 e. The summed E-state index contributed by atoms with van der Waals surface area (Å²) < 4.78 is 0. The Bertz CT molecular complexity index is 483. The van der Waals surface area contributed by atoms with Crippen molar-refractivity contribution in [2.45, 2.75) is 13.8 Å². The minimum absolute atomic E-state index is 0. The number of likely N-dealkylation sites (N-methyl/N-ethyl adjacent to an activating group) is 1. The molecule has 0 aromatic heterocycles. The molecule has 5 nitrogen and oxygen atoms in total. The molecule has 2 rings (SSSR count). The molecule has 0 atom stereocenters. The minimum atomic E-state index is 0. The zero-order chi connectivity index (χ0) is 15.2. The van der Waals surface area contributed by atoms with Gasteiger partial charge in [-0.3, -0.25) is 5.01 Å². The SMILES string of the molecule is CCN(CC)c1ccc(/C=N/N2CCN(C)CC2)c(O)c1.Cl. The van der Waals surface area contributed by atoms with Crippen LogP contribution in [0.1, 0.15) is 19.4 Å². The third-order valence-corrected chi connectivity index (χ3v) is 3.98. The molecule has 0 unspecified atom stereocenters. The van der Waals surface area contributed by atoms with Crippen LogP contribution in [0, 0.1) is 0 Å². The number of rotatable bonds is 5. The number of hydrogen-bond donors (Lipinski definition) is 1. The Labute approximate surface area is 139 Å². The van der Waals surface area contributed by atoms with E-state index < -0.39 is 0 Å². The van der Waals surface area contributed by atoms with E-state index in [9.17, 15) is 5.11 Å². The Morgan fingerprint density at radius 1 is 1.18 bits per heavy atom. The van der Waals surface area contributed by atoms with E-state index in [1.807, 2.05) is 18.2 Å². The van der Waals surface area contributed by atoms with Gasteiger partial charge in [0.25, 0.3) is 0 Å². The predicted octanol–water partition coefficient (Wildman–Crippen LogP) is 2.24. The Hall–Kier alpha value is -1.46. The highest BCUT2D eigenvalue weighted by atomic mass is 35.5. The highest BCUT2D eigenvalue weighted by Gasteiger charge is 2.11. The molecule has 22 heavy (non-hydrogen) atoms. The number of piperazine rings is 1. The quantitative estimate of drug-likeness (QED) is 0.843. The van der Waals surface area contributed by atoms with Gasteiger partial charge in [0.2, 0.25) is 0 Å². The van der Waals surface area contributed by atoms with Crippen LogP contribution in [0.5, 0.6) is 5.75 Å². The molecule has 124 valence electrons. The van der Waals surface area contributed by atoms with Crippen LogP contribution in [-0.4, -0.2) is 67.5 Å². The van der Waals surface area contributed by atoms with Crippen LogP contribution < -0.4 is 4.90 Å². The number of phenolic OH excluding ortho intramolecular Hbond substituents is 1. The molecule has 1 N–H and O–H groups in total. The Morgan fingerprint density at radius 3 is 2.36 bits per heavy atom. The second-order valence-electron chi connectivity index (χ2n) is 5.42. The first-order chi connectivity index (χ1) is 10.1. The van der Waals surface area contributed by atoms with Gasteiger partial charge in [0.15, 0.2) is 0 Å². The normalized spacial score (nSPS) is 15.9. The van der Waals surface area contributed by atoms with Crippen LogP contribution in [0.25, 0.3) is 0 Å². The van der Waals surface area contributed by atoms with Crippen LogP contribution in [0.3, 0.4) is 0 Å². The lowest BCUT2D eigenvalue weighted by molar-refractivity contribution is 0.159. The smallest absolute Gasteiger partial charge is 0.126 e. The molecule has 0 spiro atoms. The number of aromatic hydroxyl groups is 1. The van der Waals surface area contributed by atoms with Gasteiger partial charge in [0.05, 0.1) is 6.21 Å². The molecule has 1 aliphatic rings. The van der Waals surface area contributed by atoms with Crippen molar-refractivity contribution in [1.82, 2.24) is 9.91 Å². The summed E-state index contributed by atoms with van der Waals surface area (Å²) in [6, 6.07) is 5.79. The van der Waals surface area contributed by atoms with Gasteiger partial charge < -0.3 is 14.9 Å². The zero-order valence-corrected chi connectivity index (χ0v) is 14.5. The summed E-state index contributed by atoms with van der Waals surface area (Å²) in [6.45, 7) is 10.0. The molecular formula is C16H27ClN4O. The lowest BCUT2D eigenvalue weighted by Gasteiger charge is -2.30. The Morgan fingerprint density at radius 2 is 1.82 bits per heavy atom. The molecule has 1 saturated heterocycles. The summed E-state index contributed by atoms with van der Waals surface area (Å²) in [5.41, 5.74) is 1.82. The zero-order valence-electron chi connectivity index (χ0n) is 13.7. The number of hydrazone groups is 1. The fraction of sp³-hybridized carbons (Fsp3) is 0.562. The summed E-state index contributed by atoms with van der Waals surface area (Å²) in [7, 11) is 2.12. The maximum atomic E-state index is 10.2. The maximum Gasteiger partial charge on any atom is 0.126 e. The molecule has 0 bridgehead atoms. The summed E-state index contributed by atoms with van der Waals surface area (Å²) in [6.07, 6.45) is 1.76. The van der Waals surface area contributed by atoms with Crippen molar-refractivity contribution in [3.63, 3.8) is 0 Å². The molecule has 1 fully saturated rings. The fourth-order valence-electron chi connectivity index (χ4n) is 2.48. The lowest BCUT2D eigenvalue weighted by atomic mass is 10.2. The largest absolute Gasteiger partial charge is 0.507 e. The monoisotopic (exact) mass is 326 g/mol. The van der Waals surface area contributed by atoms with Gasteiger partial charge in [-0.2, -0.15) is 5.10 Å². The van der Waals surface area contributed by atoms with E-state index >= 15 is 0 Å². The molecule has 1 aromatic rings. The number of nitrogens with zero attached hydrogens (tertiary/aromatic N) is 4. The summed E-state index contributed by atoms with van der Waals surface area (Å²) in [5, 5.41) is 16.7. The van der Waals surface area contributed by atoms with Gasteiger partial charge >= 0.3 is 0 Å². The maximum absolute atomic E-state index is 10.2. The first-order valence-corrected chi connectivity index (χ1v) is 7.69. The predicted molar refractivity (Wildman–Crippen MR) is 95.6 cm³/mol. The fourth-order valence-corrected chi connectivity index (χ4v) is 2.48. The van der Waals surface area contributed by atoms with E-state index in [0.29, 0.717) is 0 Å². The van der Waals surface area contributed by atoms with E-state index in [-0.39, 0.29) is 18.2 Å². The van der Waals surface area contributed by atoms with E-state index in [1.54, 1.807) is 6.21 Å². The van der Waals surface area contributed by atoms with Gasteiger partial charge in [-0.05, 0) is 33.0 Å². The van der Waals surface area contributed by atoms with E-state index in [0.717, 1.165) is 50.5 Å². The molecule has 1 aromatic carbocycles. The van der Waals surface area contributed by atoms with E-state index in [4.69, 9.17) is 0 Å². The topological polar surface area (TPSA) is 42.3 Å². The second kappa shape index (κ2) is 8.86. The van der Waals surface area contributed by atoms with Crippen LogP contribution >= 0.6 is 12.4 Å². The number of anilines is 1. The van der Waals surface area contributed by atoms with Gasteiger partial charge in [-0.15, -0.1) is 12.4 Å². The van der Waals surface area contributed by atoms with E-state index in [1.165, 1.54) is 0 Å². The summed E-state index contributed by atoms with van der Waals surface area (Å²) in [5.74, 6) is 0.289. The highest BCUT2D eigenvalue weighted by Crippen LogP contribution is 2.23. The Kier molecular flexibility index (Phi) is 7.48. The molecule has 1 heterocycles. The standard InChI is InChI=1S/C16H26N4O.ClH/c1-4-19(5-2)15-7-6-14(16(21)12-15)13-17-20-10-8-18(3)9-11-20;/h6-7,12-13,21H,4-5,8-11H2,1-3H3;1H/b17-13+;. The van der Waals surface area contributed by atoms with Gasteiger partial charge in [-0.1, -0.05) is 0 Å². The van der Waals surface area contributed by atoms with Crippen molar-refractivity contribution in [1.29, 1.82) is 0 Å². The summed E-state index contributed by atoms with van der Waals surface area (Å²) >= 11 is 0. The third kappa shape index (κ3) is 4.78. The van der Waals surface area contributed by atoms with Crippen molar-refractivity contribution < 1.29 is 5.11 Å². The first-order valence-electron chi connectivity index (χ1n) is 7.69. The molecule has 0 amide bonds. The van der Waals surface area contributed by atoms with Crippen molar-refractivity contribution in [2.24, 2.45) is 5.10 Å². The molecule has 1 aliphatic heterocycles. The van der Waals surface area contributed by atoms with Crippen LogP contribution in [0.15, 0.2) is 23.3 Å². The van der Waals surface area contributed by atoms with Gasteiger partial charge in [-0.25, -0.2) is 0 Å². The molecule has 0 radical (unpaired) electrons. The Balaban J connectivity index is 0.00000242. The van der Waals surface area contributed by atoms with Crippen molar-refractivity contribution >= 4 is 24.3 Å². The molecule has 6 heteroatoms. The molecular weight excluding hydrogens is 300 g/mol. The van der Waals surface area contributed by atoms with E-state index in [2.05, 4.69) is 40.8 Å². The van der Waals surface area contributed by atoms with Crippen molar-refractivity contribution in [2.75, 3.05) is 51.2 Å². The highest BCUT2D eigenvalue weighted by molar-refractivity contribution is 5.85. The average molecular weight is 327 g/mol. The van der Waals surface area contributed by atoms with Crippen molar-refractivity contribution in [3.8, 4) is 5.75 Å². The molecule has 0 saturated carbocycles. The number of benzene rings is 1. The number of hydrogen-bond acceptors (Lipinski definition) is 5. The lowest BCUT2D eigenvalue weighted by Crippen LogP contribution is -2.41. The summed E-state index contributed by atoms with van der Waals surface area (Å²) in [4.78, 5) is 4.50. The third-order valence-electron chi connectivity index (χ3n) is 3.98. The van der Waals surface area contributed by atoms with Crippen LogP contribution in [0.4, 0.5) is 5.69 Å². The van der Waals surface area contributed by atoms with Crippen molar-refractivity contribution in [3.05, 3.63) is 23.8 Å². The average Bonchev–Trinajstić information content (AvgIpc) is 2.49. The number of halogens is 1. The second-order valence-corrected chi connectivity index (χ2v) is 5.42. The van der Waals surface area contributed by atoms with Crippen LogP contribution in [-0.2, 0) is 0 Å². The van der Waals surface area contributed by atoms with Gasteiger partial charge in [0, 0.05) is 56.6 Å². The first kappa shape index (κ1) is 18.6.